The van der Waals surface area contributed by atoms with Crippen molar-refractivity contribution in [2.45, 2.75) is 25.3 Å². The van der Waals surface area contributed by atoms with E-state index >= 15 is 0 Å². The SMILES string of the molecule is COC(=O)N1CCCC[C@@H]1C(=O)N1CCN(c2cccnc2)CC1. The molecule has 0 aliphatic carbocycles. The van der Waals surface area contributed by atoms with E-state index in [1.807, 2.05) is 23.2 Å². The van der Waals surface area contributed by atoms with Gasteiger partial charge in [-0.3, -0.25) is 14.7 Å². The number of hydrogen-bond acceptors (Lipinski definition) is 5. The molecule has 2 amide bonds. The van der Waals surface area contributed by atoms with E-state index in [1.165, 1.54) is 7.11 Å². The lowest BCUT2D eigenvalue weighted by atomic mass is 10.0. The number of carbonyl (C=O) groups is 2. The number of anilines is 1. The Hall–Kier alpha value is -2.31. The van der Waals surface area contributed by atoms with Gasteiger partial charge in [0.2, 0.25) is 5.91 Å². The number of ether oxygens (including phenoxy) is 1. The average molecular weight is 332 g/mol. The van der Waals surface area contributed by atoms with Crippen molar-refractivity contribution in [2.24, 2.45) is 0 Å². The van der Waals surface area contributed by atoms with E-state index in [9.17, 15) is 9.59 Å². The van der Waals surface area contributed by atoms with Crippen LogP contribution in [0.15, 0.2) is 24.5 Å². The summed E-state index contributed by atoms with van der Waals surface area (Å²) in [4.78, 5) is 34.6. The maximum atomic E-state index is 12.9. The van der Waals surface area contributed by atoms with Crippen LogP contribution in [0.4, 0.5) is 10.5 Å². The van der Waals surface area contributed by atoms with Gasteiger partial charge in [0.05, 0.1) is 19.0 Å². The summed E-state index contributed by atoms with van der Waals surface area (Å²) >= 11 is 0. The van der Waals surface area contributed by atoms with Gasteiger partial charge >= 0.3 is 6.09 Å². The van der Waals surface area contributed by atoms with Gasteiger partial charge in [0.25, 0.3) is 0 Å². The minimum Gasteiger partial charge on any atom is -0.453 e. The number of likely N-dealkylation sites (tertiary alicyclic amines) is 1. The highest BCUT2D eigenvalue weighted by Gasteiger charge is 2.36. The van der Waals surface area contributed by atoms with Crippen LogP contribution >= 0.6 is 0 Å². The number of nitrogens with zero attached hydrogens (tertiary/aromatic N) is 4. The minimum atomic E-state index is -0.401. The number of piperazine rings is 1. The summed E-state index contributed by atoms with van der Waals surface area (Å²) in [5.41, 5.74) is 1.08. The fourth-order valence-electron chi connectivity index (χ4n) is 3.46. The van der Waals surface area contributed by atoms with Crippen molar-refractivity contribution >= 4 is 17.7 Å². The molecule has 3 heterocycles. The molecule has 2 fully saturated rings. The molecular weight excluding hydrogens is 308 g/mol. The highest BCUT2D eigenvalue weighted by atomic mass is 16.5. The first-order valence-corrected chi connectivity index (χ1v) is 8.49. The molecule has 0 N–H and O–H groups in total. The second-order valence-corrected chi connectivity index (χ2v) is 6.20. The summed E-state index contributed by atoms with van der Waals surface area (Å²) in [6.07, 6.45) is 5.82. The fourth-order valence-corrected chi connectivity index (χ4v) is 3.46. The predicted molar refractivity (Wildman–Crippen MR) is 89.8 cm³/mol. The van der Waals surface area contributed by atoms with Gasteiger partial charge in [0.1, 0.15) is 6.04 Å². The van der Waals surface area contributed by atoms with Gasteiger partial charge in [-0.1, -0.05) is 0 Å². The molecule has 3 rings (SSSR count). The topological polar surface area (TPSA) is 66.0 Å². The Bertz CT molecular complexity index is 572. The third-order valence-corrected chi connectivity index (χ3v) is 4.80. The van der Waals surface area contributed by atoms with Crippen LogP contribution in [0, 0.1) is 0 Å². The summed E-state index contributed by atoms with van der Waals surface area (Å²) < 4.78 is 4.83. The molecule has 0 unspecified atom stereocenters. The Kier molecular flexibility index (Phi) is 5.17. The molecule has 0 radical (unpaired) electrons. The van der Waals surface area contributed by atoms with Crippen LogP contribution in [0.25, 0.3) is 0 Å². The number of amides is 2. The van der Waals surface area contributed by atoms with Crippen molar-refractivity contribution in [2.75, 3.05) is 44.7 Å². The van der Waals surface area contributed by atoms with E-state index < -0.39 is 6.09 Å². The van der Waals surface area contributed by atoms with E-state index in [0.29, 0.717) is 19.6 Å². The second kappa shape index (κ2) is 7.51. The molecule has 1 atom stereocenters. The van der Waals surface area contributed by atoms with Crippen molar-refractivity contribution in [3.63, 3.8) is 0 Å². The minimum absolute atomic E-state index is 0.0472. The molecular formula is C17H24N4O3. The highest BCUT2D eigenvalue weighted by Crippen LogP contribution is 2.21. The van der Waals surface area contributed by atoms with E-state index in [4.69, 9.17) is 4.74 Å². The lowest BCUT2D eigenvalue weighted by Crippen LogP contribution is -2.57. The average Bonchev–Trinajstić information content (AvgIpc) is 2.67. The van der Waals surface area contributed by atoms with Crippen LogP contribution in [0.3, 0.4) is 0 Å². The van der Waals surface area contributed by atoms with E-state index in [1.54, 1.807) is 11.1 Å². The van der Waals surface area contributed by atoms with Gasteiger partial charge in [0.15, 0.2) is 0 Å². The number of piperidine rings is 1. The maximum absolute atomic E-state index is 12.9. The molecule has 2 saturated heterocycles. The van der Waals surface area contributed by atoms with Crippen LogP contribution in [0.1, 0.15) is 19.3 Å². The van der Waals surface area contributed by atoms with Crippen LogP contribution in [-0.4, -0.2) is 72.7 Å². The standard InChI is InChI=1S/C17H24N4O3/c1-24-17(23)21-8-3-2-6-15(21)16(22)20-11-9-19(10-12-20)14-5-4-7-18-13-14/h4-5,7,13,15H,2-3,6,8-12H2,1H3/t15-/m1/s1. The second-order valence-electron chi connectivity index (χ2n) is 6.20. The Morgan fingerprint density at radius 1 is 1.17 bits per heavy atom. The lowest BCUT2D eigenvalue weighted by Gasteiger charge is -2.40. The summed E-state index contributed by atoms with van der Waals surface area (Å²) in [5, 5.41) is 0. The van der Waals surface area contributed by atoms with E-state index in [2.05, 4.69) is 9.88 Å². The predicted octanol–water partition coefficient (Wildman–Crippen LogP) is 1.35. The van der Waals surface area contributed by atoms with Gasteiger partial charge in [-0.15, -0.1) is 0 Å². The van der Waals surface area contributed by atoms with Crippen molar-refractivity contribution in [3.8, 4) is 0 Å². The first-order valence-electron chi connectivity index (χ1n) is 8.49. The van der Waals surface area contributed by atoms with Crippen molar-refractivity contribution < 1.29 is 14.3 Å². The van der Waals surface area contributed by atoms with Crippen LogP contribution < -0.4 is 4.90 Å². The largest absolute Gasteiger partial charge is 0.453 e. The van der Waals surface area contributed by atoms with Crippen LogP contribution in [-0.2, 0) is 9.53 Å². The van der Waals surface area contributed by atoms with Gasteiger partial charge in [-0.25, -0.2) is 4.79 Å². The smallest absolute Gasteiger partial charge is 0.410 e. The van der Waals surface area contributed by atoms with Gasteiger partial charge < -0.3 is 14.5 Å². The van der Waals surface area contributed by atoms with Crippen LogP contribution in [0.5, 0.6) is 0 Å². The molecule has 0 spiro atoms. The molecule has 2 aliphatic rings. The lowest BCUT2D eigenvalue weighted by molar-refractivity contribution is -0.137. The quantitative estimate of drug-likeness (QED) is 0.818. The Morgan fingerprint density at radius 3 is 2.62 bits per heavy atom. The third kappa shape index (κ3) is 3.44. The van der Waals surface area contributed by atoms with Crippen molar-refractivity contribution in [1.82, 2.24) is 14.8 Å². The summed E-state index contributed by atoms with van der Waals surface area (Å²) in [6, 6.07) is 3.57. The van der Waals surface area contributed by atoms with Crippen molar-refractivity contribution in [1.29, 1.82) is 0 Å². The molecule has 7 heteroatoms. The number of hydrogen-bond donors (Lipinski definition) is 0. The molecule has 130 valence electrons. The normalized spacial score (nSPS) is 21.5. The summed E-state index contributed by atoms with van der Waals surface area (Å²) in [5.74, 6) is 0.0472. The highest BCUT2D eigenvalue weighted by molar-refractivity contribution is 5.86. The number of methoxy groups -OCH3 is 1. The zero-order valence-corrected chi connectivity index (χ0v) is 14.1. The monoisotopic (exact) mass is 332 g/mol. The maximum Gasteiger partial charge on any atom is 0.410 e. The van der Waals surface area contributed by atoms with Gasteiger partial charge in [-0.2, -0.15) is 0 Å². The zero-order chi connectivity index (χ0) is 16.9. The Labute approximate surface area is 142 Å². The molecule has 1 aromatic rings. The van der Waals surface area contributed by atoms with Gasteiger partial charge in [-0.05, 0) is 31.4 Å². The number of carbonyl (C=O) groups excluding carboxylic acids is 2. The number of rotatable bonds is 2. The molecule has 0 bridgehead atoms. The number of aromatic nitrogens is 1. The molecule has 7 nitrogen and oxygen atoms in total. The molecule has 0 aromatic carbocycles. The first-order chi connectivity index (χ1) is 11.7. The van der Waals surface area contributed by atoms with Crippen molar-refractivity contribution in [3.05, 3.63) is 24.5 Å². The summed E-state index contributed by atoms with van der Waals surface area (Å²) in [7, 11) is 1.37. The van der Waals surface area contributed by atoms with E-state index in [-0.39, 0.29) is 11.9 Å². The summed E-state index contributed by atoms with van der Waals surface area (Å²) in [6.45, 7) is 3.49. The molecule has 1 aromatic heterocycles. The van der Waals surface area contributed by atoms with Crippen LogP contribution in [0.2, 0.25) is 0 Å². The zero-order valence-electron chi connectivity index (χ0n) is 14.1. The Morgan fingerprint density at radius 2 is 1.96 bits per heavy atom. The third-order valence-electron chi connectivity index (χ3n) is 4.80. The van der Waals surface area contributed by atoms with Gasteiger partial charge in [0, 0.05) is 38.9 Å². The first kappa shape index (κ1) is 16.5. The van der Waals surface area contributed by atoms with E-state index in [0.717, 1.165) is 38.0 Å². The molecule has 0 saturated carbocycles. The molecule has 24 heavy (non-hydrogen) atoms. The molecule has 2 aliphatic heterocycles. The fraction of sp³-hybridized carbons (Fsp3) is 0.588. The Balaban J connectivity index is 1.61. The number of pyridine rings is 1.